The van der Waals surface area contributed by atoms with Gasteiger partial charge in [0, 0.05) is 13.7 Å². The molecule has 0 fully saturated rings. The van der Waals surface area contributed by atoms with Crippen LogP contribution in [0.3, 0.4) is 0 Å². The maximum atomic E-state index is 5.06. The second-order valence-corrected chi connectivity index (χ2v) is 5.82. The van der Waals surface area contributed by atoms with Crippen molar-refractivity contribution >= 4 is 0 Å². The zero-order valence-electron chi connectivity index (χ0n) is 12.6. The van der Waals surface area contributed by atoms with E-state index in [0.717, 1.165) is 37.5 Å². The molecule has 0 spiro atoms. The van der Waals surface area contributed by atoms with Crippen LogP contribution in [-0.4, -0.2) is 26.8 Å². The molecule has 2 atom stereocenters. The molecule has 0 amide bonds. The molecule has 0 aliphatic rings. The summed E-state index contributed by atoms with van der Waals surface area (Å²) in [4.78, 5) is 0. The van der Waals surface area contributed by atoms with Gasteiger partial charge in [0.1, 0.15) is 0 Å². The van der Waals surface area contributed by atoms with Gasteiger partial charge in [-0.15, -0.1) is 0 Å². The molecule has 0 saturated carbocycles. The smallest absolute Gasteiger partial charge is 0.0587 e. The summed E-state index contributed by atoms with van der Waals surface area (Å²) >= 11 is 0. The first-order chi connectivity index (χ1) is 8.10. The van der Waals surface area contributed by atoms with Crippen molar-refractivity contribution in [3.8, 4) is 0 Å². The summed E-state index contributed by atoms with van der Waals surface area (Å²) < 4.78 is 5.06. The number of ether oxygens (including phenoxy) is 1. The fourth-order valence-electron chi connectivity index (χ4n) is 2.59. The van der Waals surface area contributed by atoms with Gasteiger partial charge in [-0.1, -0.05) is 40.5 Å². The number of hydrogen-bond donors (Lipinski definition) is 1. The molecule has 0 aromatic carbocycles. The van der Waals surface area contributed by atoms with E-state index in [4.69, 9.17) is 4.74 Å². The number of hydrogen-bond acceptors (Lipinski definition) is 2. The quantitative estimate of drug-likeness (QED) is 0.559. The van der Waals surface area contributed by atoms with Gasteiger partial charge in [0.2, 0.25) is 0 Å². The van der Waals surface area contributed by atoms with Crippen molar-refractivity contribution in [2.45, 2.75) is 53.4 Å². The Bertz CT molecular complexity index is 159. The van der Waals surface area contributed by atoms with Crippen LogP contribution in [0.15, 0.2) is 0 Å². The minimum atomic E-state index is 0.804. The Morgan fingerprint density at radius 3 is 2.35 bits per heavy atom. The van der Waals surface area contributed by atoms with Crippen molar-refractivity contribution in [2.24, 2.45) is 17.8 Å². The number of rotatable bonds is 11. The van der Waals surface area contributed by atoms with Gasteiger partial charge in [-0.3, -0.25) is 0 Å². The standard InChI is InChI=1S/C15H33NO/c1-6-7-14(4)11-15(10-13(2)3)12-16-8-9-17-5/h13-16H,6-12H2,1-5H3. The second-order valence-electron chi connectivity index (χ2n) is 5.82. The number of nitrogens with one attached hydrogen (secondary N) is 1. The molecular weight excluding hydrogens is 210 g/mol. The molecule has 0 aromatic rings. The molecule has 0 heterocycles. The molecular formula is C15H33NO. The van der Waals surface area contributed by atoms with E-state index in [1.807, 2.05) is 0 Å². The van der Waals surface area contributed by atoms with Gasteiger partial charge in [-0.25, -0.2) is 0 Å². The Hall–Kier alpha value is -0.0800. The van der Waals surface area contributed by atoms with Crippen molar-refractivity contribution in [3.63, 3.8) is 0 Å². The summed E-state index contributed by atoms with van der Waals surface area (Å²) in [7, 11) is 1.76. The van der Waals surface area contributed by atoms with E-state index < -0.39 is 0 Å². The van der Waals surface area contributed by atoms with Crippen molar-refractivity contribution in [1.29, 1.82) is 0 Å². The van der Waals surface area contributed by atoms with Gasteiger partial charge >= 0.3 is 0 Å². The van der Waals surface area contributed by atoms with Crippen LogP contribution in [0.1, 0.15) is 53.4 Å². The van der Waals surface area contributed by atoms with Gasteiger partial charge in [0.25, 0.3) is 0 Å². The molecule has 0 radical (unpaired) electrons. The zero-order chi connectivity index (χ0) is 13.1. The monoisotopic (exact) mass is 243 g/mol. The Morgan fingerprint density at radius 2 is 1.82 bits per heavy atom. The molecule has 0 rings (SSSR count). The molecule has 104 valence electrons. The molecule has 0 saturated heterocycles. The third-order valence-corrected chi connectivity index (χ3v) is 3.24. The second kappa shape index (κ2) is 11.0. The van der Waals surface area contributed by atoms with Gasteiger partial charge in [0.05, 0.1) is 6.61 Å². The molecule has 0 aromatic heterocycles. The SMILES string of the molecule is CCCC(C)CC(CNCCOC)CC(C)C. The topological polar surface area (TPSA) is 21.3 Å². The summed E-state index contributed by atoms with van der Waals surface area (Å²) in [5.41, 5.74) is 0. The Balaban J connectivity index is 3.87. The summed E-state index contributed by atoms with van der Waals surface area (Å²) in [5.74, 6) is 2.50. The fraction of sp³-hybridized carbons (Fsp3) is 1.00. The highest BCUT2D eigenvalue weighted by atomic mass is 16.5. The first-order valence-corrected chi connectivity index (χ1v) is 7.29. The van der Waals surface area contributed by atoms with Crippen LogP contribution >= 0.6 is 0 Å². The molecule has 1 N–H and O–H groups in total. The lowest BCUT2D eigenvalue weighted by molar-refractivity contribution is 0.195. The lowest BCUT2D eigenvalue weighted by Gasteiger charge is -2.23. The van der Waals surface area contributed by atoms with Gasteiger partial charge in [-0.05, 0) is 37.1 Å². The zero-order valence-corrected chi connectivity index (χ0v) is 12.6. The molecule has 17 heavy (non-hydrogen) atoms. The highest BCUT2D eigenvalue weighted by Gasteiger charge is 2.14. The van der Waals surface area contributed by atoms with E-state index in [-0.39, 0.29) is 0 Å². The molecule has 2 nitrogen and oxygen atoms in total. The predicted octanol–water partition coefficient (Wildman–Crippen LogP) is 3.71. The number of methoxy groups -OCH3 is 1. The van der Waals surface area contributed by atoms with E-state index in [9.17, 15) is 0 Å². The molecule has 0 aliphatic heterocycles. The highest BCUT2D eigenvalue weighted by Crippen LogP contribution is 2.22. The van der Waals surface area contributed by atoms with Gasteiger partial charge in [0.15, 0.2) is 0 Å². The summed E-state index contributed by atoms with van der Waals surface area (Å²) in [6.07, 6.45) is 5.39. The largest absolute Gasteiger partial charge is 0.383 e. The summed E-state index contributed by atoms with van der Waals surface area (Å²) in [6.45, 7) is 12.3. The summed E-state index contributed by atoms with van der Waals surface area (Å²) in [5, 5.41) is 3.51. The maximum Gasteiger partial charge on any atom is 0.0587 e. The first kappa shape index (κ1) is 16.9. The minimum absolute atomic E-state index is 0.804. The molecule has 0 bridgehead atoms. The third-order valence-electron chi connectivity index (χ3n) is 3.24. The Morgan fingerprint density at radius 1 is 1.12 bits per heavy atom. The maximum absolute atomic E-state index is 5.06. The molecule has 2 heteroatoms. The minimum Gasteiger partial charge on any atom is -0.383 e. The summed E-state index contributed by atoms with van der Waals surface area (Å²) in [6, 6.07) is 0. The van der Waals surface area contributed by atoms with Gasteiger partial charge in [-0.2, -0.15) is 0 Å². The van der Waals surface area contributed by atoms with Gasteiger partial charge < -0.3 is 10.1 Å². The van der Waals surface area contributed by atoms with E-state index in [0.29, 0.717) is 0 Å². The average molecular weight is 243 g/mol. The lowest BCUT2D eigenvalue weighted by Crippen LogP contribution is -2.28. The van der Waals surface area contributed by atoms with E-state index >= 15 is 0 Å². The van der Waals surface area contributed by atoms with Crippen molar-refractivity contribution < 1.29 is 4.74 Å². The first-order valence-electron chi connectivity index (χ1n) is 7.29. The van der Waals surface area contributed by atoms with Crippen molar-refractivity contribution in [2.75, 3.05) is 26.8 Å². The van der Waals surface area contributed by atoms with Crippen LogP contribution in [0.4, 0.5) is 0 Å². The van der Waals surface area contributed by atoms with Crippen LogP contribution in [0.5, 0.6) is 0 Å². The highest BCUT2D eigenvalue weighted by molar-refractivity contribution is 4.68. The van der Waals surface area contributed by atoms with Crippen LogP contribution in [0.25, 0.3) is 0 Å². The van der Waals surface area contributed by atoms with Crippen LogP contribution in [0.2, 0.25) is 0 Å². The normalized spacial score (nSPS) is 15.2. The Labute approximate surface area is 109 Å². The van der Waals surface area contributed by atoms with E-state index in [1.54, 1.807) is 7.11 Å². The van der Waals surface area contributed by atoms with Crippen molar-refractivity contribution in [3.05, 3.63) is 0 Å². The predicted molar refractivity (Wildman–Crippen MR) is 76.4 cm³/mol. The molecule has 2 unspecified atom stereocenters. The van der Waals surface area contributed by atoms with E-state index in [2.05, 4.69) is 33.0 Å². The van der Waals surface area contributed by atoms with Crippen LogP contribution in [-0.2, 0) is 4.74 Å². The van der Waals surface area contributed by atoms with Crippen LogP contribution in [0, 0.1) is 17.8 Å². The van der Waals surface area contributed by atoms with Crippen LogP contribution < -0.4 is 5.32 Å². The fourth-order valence-corrected chi connectivity index (χ4v) is 2.59. The average Bonchev–Trinajstić information content (AvgIpc) is 2.23. The Kier molecular flexibility index (Phi) is 11.0. The lowest BCUT2D eigenvalue weighted by atomic mass is 9.87. The molecule has 0 aliphatic carbocycles. The van der Waals surface area contributed by atoms with E-state index in [1.165, 1.54) is 25.7 Å². The third kappa shape index (κ3) is 10.8. The van der Waals surface area contributed by atoms with Crippen molar-refractivity contribution in [1.82, 2.24) is 5.32 Å².